The third-order valence-corrected chi connectivity index (χ3v) is 16.3. The van der Waals surface area contributed by atoms with Crippen molar-refractivity contribution in [1.82, 2.24) is 14.0 Å². The Bertz CT molecular complexity index is 2860. The van der Waals surface area contributed by atoms with Gasteiger partial charge in [0.2, 0.25) is 0 Å². The van der Waals surface area contributed by atoms with E-state index >= 15 is 26.3 Å². The zero-order valence-corrected chi connectivity index (χ0v) is 40.4. The number of unbranched alkanes of at least 4 members (excludes halogenated alkanes) is 2. The highest BCUT2D eigenvalue weighted by Crippen LogP contribution is 2.52. The molecule has 4 aromatic heterocycles. The van der Waals surface area contributed by atoms with Gasteiger partial charge in [0.1, 0.15) is 11.5 Å². The first-order valence-electron chi connectivity index (χ1n) is 20.9. The van der Waals surface area contributed by atoms with Gasteiger partial charge < -0.3 is 23.5 Å². The Morgan fingerprint density at radius 1 is 0.712 bits per heavy atom. The SMILES string of the molecule is CN(CCCCC(c1cn(-c2ccc(Cl)cc2Cl)c2c1CCOc1ccsc1-2)C(F)(F)F)CCCCC(c1cn(-c2ccc(Cl)cc2Cl)c2c1CCOc1cc(S(=O)(=O)O)sc1-2)C(F)(F)F. The number of thiophene rings is 2. The molecule has 2 unspecified atom stereocenters. The molecule has 21 heteroatoms. The Labute approximate surface area is 405 Å². The van der Waals surface area contributed by atoms with Gasteiger partial charge in [0.25, 0.3) is 0 Å². The molecule has 0 radical (unpaired) electrons. The molecule has 0 saturated heterocycles. The van der Waals surface area contributed by atoms with Crippen LogP contribution in [0.3, 0.4) is 0 Å². The second-order valence-electron chi connectivity index (χ2n) is 16.3. The lowest BCUT2D eigenvalue weighted by Gasteiger charge is -2.23. The van der Waals surface area contributed by atoms with Gasteiger partial charge in [-0.25, -0.2) is 0 Å². The molecule has 0 amide bonds. The van der Waals surface area contributed by atoms with Gasteiger partial charge in [-0.05, 0) is 116 Å². The van der Waals surface area contributed by atoms with E-state index in [-0.39, 0.29) is 89.2 Å². The molecule has 2 aliphatic rings. The number of alkyl halides is 6. The van der Waals surface area contributed by atoms with E-state index in [1.165, 1.54) is 34.2 Å². The average molecular weight is 1060 g/mol. The molecule has 0 bridgehead atoms. The summed E-state index contributed by atoms with van der Waals surface area (Å²) in [6, 6.07) is 12.4. The van der Waals surface area contributed by atoms with Gasteiger partial charge in [0.15, 0.2) is 4.21 Å². The molecule has 0 fully saturated rings. The summed E-state index contributed by atoms with van der Waals surface area (Å²) >= 11 is 27.6. The lowest BCUT2D eigenvalue weighted by Crippen LogP contribution is -2.24. The van der Waals surface area contributed by atoms with Crippen LogP contribution >= 0.6 is 69.1 Å². The van der Waals surface area contributed by atoms with Crippen LogP contribution in [0.5, 0.6) is 11.5 Å². The van der Waals surface area contributed by atoms with Crippen molar-refractivity contribution in [3.05, 3.63) is 109 Å². The van der Waals surface area contributed by atoms with Crippen LogP contribution in [0.15, 0.2) is 70.5 Å². The van der Waals surface area contributed by atoms with E-state index in [1.54, 1.807) is 48.1 Å². The number of benzene rings is 2. The van der Waals surface area contributed by atoms with Crippen LogP contribution in [0.1, 0.15) is 72.6 Å². The van der Waals surface area contributed by atoms with Crippen LogP contribution in [0.2, 0.25) is 20.1 Å². The van der Waals surface area contributed by atoms with Crippen LogP contribution in [-0.2, 0) is 23.0 Å². The summed E-state index contributed by atoms with van der Waals surface area (Å²) in [6.45, 7) is 1.01. The molecule has 1 N–H and O–H groups in total. The molecular formula is C45H41Cl4F6N3O5S3. The molecule has 8 rings (SSSR count). The zero-order valence-electron chi connectivity index (χ0n) is 34.9. The third kappa shape index (κ3) is 10.3. The van der Waals surface area contributed by atoms with E-state index in [9.17, 15) is 13.0 Å². The monoisotopic (exact) mass is 1050 g/mol. The molecule has 66 heavy (non-hydrogen) atoms. The van der Waals surface area contributed by atoms with Gasteiger partial charge in [0, 0.05) is 41.3 Å². The fourth-order valence-corrected chi connectivity index (χ4v) is 12.6. The summed E-state index contributed by atoms with van der Waals surface area (Å²) < 4.78 is 139. The number of hydrogen-bond acceptors (Lipinski definition) is 7. The lowest BCUT2D eigenvalue weighted by molar-refractivity contribution is -0.153. The molecule has 2 atom stereocenters. The topological polar surface area (TPSA) is 85.9 Å². The molecule has 8 nitrogen and oxygen atoms in total. The molecule has 6 heterocycles. The Morgan fingerprint density at radius 2 is 1.20 bits per heavy atom. The maximum absolute atomic E-state index is 15.1. The van der Waals surface area contributed by atoms with E-state index < -0.39 is 38.5 Å². The number of hydrogen-bond donors (Lipinski definition) is 1. The quantitative estimate of drug-likeness (QED) is 0.0626. The summed E-state index contributed by atoms with van der Waals surface area (Å²) in [6.07, 6.45) is -5.18. The molecule has 6 aromatic rings. The zero-order chi connectivity index (χ0) is 47.3. The predicted octanol–water partition coefficient (Wildman–Crippen LogP) is 14.7. The van der Waals surface area contributed by atoms with E-state index in [2.05, 4.69) is 0 Å². The van der Waals surface area contributed by atoms with Crippen molar-refractivity contribution in [2.45, 2.75) is 79.8 Å². The number of rotatable bonds is 15. The van der Waals surface area contributed by atoms with Crippen LogP contribution in [0.25, 0.3) is 32.5 Å². The molecule has 2 aromatic carbocycles. The van der Waals surface area contributed by atoms with Gasteiger partial charge in [-0.1, -0.05) is 59.2 Å². The average Bonchev–Trinajstić information content (AvgIpc) is 3.98. The molecule has 2 aliphatic heterocycles. The van der Waals surface area contributed by atoms with Crippen molar-refractivity contribution in [1.29, 1.82) is 0 Å². The second-order valence-corrected chi connectivity index (χ2v) is 21.6. The van der Waals surface area contributed by atoms with E-state index in [0.717, 1.165) is 6.07 Å². The summed E-state index contributed by atoms with van der Waals surface area (Å²) in [5.41, 5.74) is 2.70. The normalized spacial score (nSPS) is 15.0. The summed E-state index contributed by atoms with van der Waals surface area (Å²) in [5, 5.41) is 2.96. The summed E-state index contributed by atoms with van der Waals surface area (Å²) in [7, 11) is -2.86. The number of ether oxygens (including phenoxy) is 2. The fraction of sp³-hybridized carbons (Fsp3) is 0.378. The molecular weight excluding hydrogens is 1010 g/mol. The molecule has 0 aliphatic carbocycles. The van der Waals surface area contributed by atoms with E-state index in [0.29, 0.717) is 86.1 Å². The van der Waals surface area contributed by atoms with Gasteiger partial charge >= 0.3 is 22.5 Å². The van der Waals surface area contributed by atoms with Crippen molar-refractivity contribution in [3.8, 4) is 44.0 Å². The highest BCUT2D eigenvalue weighted by Gasteiger charge is 2.45. The highest BCUT2D eigenvalue weighted by molar-refractivity contribution is 7.88. The first-order valence-corrected chi connectivity index (χ1v) is 25.5. The summed E-state index contributed by atoms with van der Waals surface area (Å²) in [4.78, 5) is 2.85. The smallest absolute Gasteiger partial charge is 0.395 e. The number of aromatic nitrogens is 2. The van der Waals surface area contributed by atoms with Gasteiger partial charge in [-0.3, -0.25) is 4.55 Å². The van der Waals surface area contributed by atoms with Gasteiger partial charge in [-0.15, -0.1) is 22.7 Å². The Morgan fingerprint density at radius 3 is 1.67 bits per heavy atom. The van der Waals surface area contributed by atoms with Crippen LogP contribution in [0, 0.1) is 0 Å². The number of nitrogens with zero attached hydrogens (tertiary/aromatic N) is 3. The maximum Gasteiger partial charge on any atom is 0.395 e. The predicted molar refractivity (Wildman–Crippen MR) is 249 cm³/mol. The first kappa shape index (κ1) is 49.0. The number of fused-ring (bicyclic) bond motifs is 6. The Kier molecular flexibility index (Phi) is 14.5. The van der Waals surface area contributed by atoms with Gasteiger partial charge in [0.05, 0.1) is 67.6 Å². The van der Waals surface area contributed by atoms with E-state index in [1.807, 2.05) is 10.3 Å². The van der Waals surface area contributed by atoms with Crippen molar-refractivity contribution in [2.24, 2.45) is 0 Å². The highest BCUT2D eigenvalue weighted by atomic mass is 35.5. The van der Waals surface area contributed by atoms with Crippen LogP contribution in [-0.4, -0.2) is 72.7 Å². The molecule has 0 spiro atoms. The minimum atomic E-state index is -4.67. The minimum absolute atomic E-state index is 0.0128. The maximum atomic E-state index is 15.1. The van der Waals surface area contributed by atoms with Crippen molar-refractivity contribution in [3.63, 3.8) is 0 Å². The van der Waals surface area contributed by atoms with E-state index in [4.69, 9.17) is 55.9 Å². The standard InChI is InChI=1S/C45H41Cl4F6N3O5S3/c1-56(15-4-2-6-31(44(50,51)52)29-23-57(35-10-8-25(46)20-33(35)48)40-27(29)12-17-62-37-14-19-64-42(37)40)16-5-3-7-32(45(53,54)55)30-24-58(36-11-9-26(47)21-34(36)49)41-28(30)13-18-63-38-22-39(65-43(38)41)66(59,60)61/h8-11,14,19-24,31-32H,2-7,12-13,15-18H2,1H3,(H,59,60,61). The largest absolute Gasteiger partial charge is 0.492 e. The molecule has 354 valence electrons. The van der Waals surface area contributed by atoms with Crippen LogP contribution < -0.4 is 9.47 Å². The van der Waals surface area contributed by atoms with Gasteiger partial charge in [-0.2, -0.15) is 34.8 Å². The summed E-state index contributed by atoms with van der Waals surface area (Å²) in [5.74, 6) is -2.99. The van der Waals surface area contributed by atoms with Crippen molar-refractivity contribution in [2.75, 3.05) is 33.4 Å². The fourth-order valence-electron chi connectivity index (χ4n) is 8.90. The third-order valence-electron chi connectivity index (χ3n) is 11.9. The lowest BCUT2D eigenvalue weighted by atomic mass is 9.90. The van der Waals surface area contributed by atoms with Crippen molar-refractivity contribution < 1.29 is 48.8 Å². The second kappa shape index (κ2) is 19.5. The number of halogens is 10. The Hall–Kier alpha value is -3.39. The van der Waals surface area contributed by atoms with Crippen LogP contribution in [0.4, 0.5) is 26.3 Å². The van der Waals surface area contributed by atoms with Crippen molar-refractivity contribution >= 4 is 79.2 Å². The Balaban J connectivity index is 0.956. The minimum Gasteiger partial charge on any atom is -0.492 e. The first-order chi connectivity index (χ1) is 31.2. The molecule has 0 saturated carbocycles.